The van der Waals surface area contributed by atoms with E-state index in [-0.39, 0.29) is 24.0 Å². The van der Waals surface area contributed by atoms with Gasteiger partial charge in [-0.05, 0) is 23.6 Å². The Hall–Kier alpha value is -1.91. The molecule has 1 aromatic carbocycles. The molecule has 2 heterocycles. The molecule has 1 saturated heterocycles. The standard InChI is InChI=1S/C22H31N5O2.HI/c1-3-23-22(25-15-18-8-9-21(28-2)24-14-18)26-16-19-6-4-5-7-20(19)17-27-10-12-29-13-11-27;/h4-9,14H,3,10-13,15-17H2,1-2H3,(H2,23,25,26);1H. The number of guanidine groups is 1. The normalized spacial score (nSPS) is 14.7. The van der Waals surface area contributed by atoms with Crippen LogP contribution < -0.4 is 15.4 Å². The van der Waals surface area contributed by atoms with Gasteiger partial charge in [0, 0.05) is 45.0 Å². The van der Waals surface area contributed by atoms with Crippen LogP contribution in [0.15, 0.2) is 47.6 Å². The van der Waals surface area contributed by atoms with Crippen LogP contribution in [0, 0.1) is 0 Å². The van der Waals surface area contributed by atoms with Crippen molar-refractivity contribution >= 4 is 29.9 Å². The monoisotopic (exact) mass is 525 g/mol. The minimum atomic E-state index is 0. The Bertz CT molecular complexity index is 779. The second-order valence-corrected chi connectivity index (χ2v) is 6.91. The molecule has 0 bridgehead atoms. The summed E-state index contributed by atoms with van der Waals surface area (Å²) >= 11 is 0. The predicted molar refractivity (Wildman–Crippen MR) is 130 cm³/mol. The van der Waals surface area contributed by atoms with Gasteiger partial charge in [0.1, 0.15) is 0 Å². The van der Waals surface area contributed by atoms with Gasteiger partial charge in [0.15, 0.2) is 5.96 Å². The number of methoxy groups -OCH3 is 1. The molecule has 1 fully saturated rings. The smallest absolute Gasteiger partial charge is 0.212 e. The van der Waals surface area contributed by atoms with Crippen molar-refractivity contribution in [3.63, 3.8) is 0 Å². The number of hydrogen-bond acceptors (Lipinski definition) is 5. The van der Waals surface area contributed by atoms with Crippen molar-refractivity contribution in [3.05, 3.63) is 59.3 Å². The molecule has 0 saturated carbocycles. The van der Waals surface area contributed by atoms with Gasteiger partial charge in [0.2, 0.25) is 5.88 Å². The third-order valence-corrected chi connectivity index (χ3v) is 4.83. The molecule has 2 N–H and O–H groups in total. The highest BCUT2D eigenvalue weighted by Gasteiger charge is 2.12. The number of halogens is 1. The predicted octanol–water partition coefficient (Wildman–Crippen LogP) is 2.80. The number of aromatic nitrogens is 1. The molecule has 8 heteroatoms. The van der Waals surface area contributed by atoms with Gasteiger partial charge in [0.25, 0.3) is 0 Å². The minimum Gasteiger partial charge on any atom is -0.481 e. The largest absolute Gasteiger partial charge is 0.481 e. The van der Waals surface area contributed by atoms with Gasteiger partial charge < -0.3 is 20.1 Å². The molecule has 0 unspecified atom stereocenters. The maximum Gasteiger partial charge on any atom is 0.212 e. The first-order valence-corrected chi connectivity index (χ1v) is 10.2. The van der Waals surface area contributed by atoms with Gasteiger partial charge in [-0.25, -0.2) is 9.98 Å². The molecule has 30 heavy (non-hydrogen) atoms. The van der Waals surface area contributed by atoms with Crippen LogP contribution in [0.1, 0.15) is 23.6 Å². The van der Waals surface area contributed by atoms with Crippen LogP contribution in [0.3, 0.4) is 0 Å². The summed E-state index contributed by atoms with van der Waals surface area (Å²) in [5.74, 6) is 1.41. The first-order valence-electron chi connectivity index (χ1n) is 10.2. The summed E-state index contributed by atoms with van der Waals surface area (Å²) in [7, 11) is 1.62. The van der Waals surface area contributed by atoms with Gasteiger partial charge in [-0.15, -0.1) is 24.0 Å². The quantitative estimate of drug-likeness (QED) is 0.314. The number of nitrogens with zero attached hydrogens (tertiary/aromatic N) is 3. The van der Waals surface area contributed by atoms with E-state index in [2.05, 4.69) is 56.7 Å². The van der Waals surface area contributed by atoms with Crippen LogP contribution >= 0.6 is 24.0 Å². The molecule has 0 spiro atoms. The Morgan fingerprint density at radius 2 is 1.90 bits per heavy atom. The van der Waals surface area contributed by atoms with Gasteiger partial charge in [-0.1, -0.05) is 30.3 Å². The lowest BCUT2D eigenvalue weighted by Gasteiger charge is -2.27. The SMILES string of the molecule is CCNC(=NCc1ccc(OC)nc1)NCc1ccccc1CN1CCOCC1.I. The van der Waals surface area contributed by atoms with E-state index in [0.717, 1.165) is 57.5 Å². The van der Waals surface area contributed by atoms with E-state index < -0.39 is 0 Å². The highest BCUT2D eigenvalue weighted by molar-refractivity contribution is 14.0. The first kappa shape index (κ1) is 24.4. The van der Waals surface area contributed by atoms with Gasteiger partial charge in [-0.3, -0.25) is 4.90 Å². The van der Waals surface area contributed by atoms with E-state index in [1.807, 2.05) is 12.1 Å². The molecule has 1 aromatic heterocycles. The van der Waals surface area contributed by atoms with E-state index >= 15 is 0 Å². The number of pyridine rings is 1. The maximum absolute atomic E-state index is 5.46. The third-order valence-electron chi connectivity index (χ3n) is 4.83. The third kappa shape index (κ3) is 7.73. The Morgan fingerprint density at radius 3 is 2.57 bits per heavy atom. The van der Waals surface area contributed by atoms with Gasteiger partial charge >= 0.3 is 0 Å². The number of rotatable bonds is 8. The zero-order valence-electron chi connectivity index (χ0n) is 17.8. The van der Waals surface area contributed by atoms with Crippen molar-refractivity contribution in [2.45, 2.75) is 26.6 Å². The molecule has 0 atom stereocenters. The minimum absolute atomic E-state index is 0. The fraction of sp³-hybridized carbons (Fsp3) is 0.455. The van der Waals surface area contributed by atoms with Crippen LogP contribution in [0.2, 0.25) is 0 Å². The molecule has 0 amide bonds. The summed E-state index contributed by atoms with van der Waals surface area (Å²) in [6, 6.07) is 12.4. The van der Waals surface area contributed by atoms with Gasteiger partial charge in [0.05, 0.1) is 26.9 Å². The van der Waals surface area contributed by atoms with E-state index in [0.29, 0.717) is 12.4 Å². The van der Waals surface area contributed by atoms with Crippen LogP contribution in [0.5, 0.6) is 5.88 Å². The van der Waals surface area contributed by atoms with E-state index in [1.165, 1.54) is 11.1 Å². The second kappa shape index (κ2) is 13.4. The van der Waals surface area contributed by atoms with Gasteiger partial charge in [-0.2, -0.15) is 0 Å². The number of benzene rings is 1. The van der Waals surface area contributed by atoms with Crippen LogP contribution in [0.4, 0.5) is 0 Å². The van der Waals surface area contributed by atoms with Crippen molar-refractivity contribution in [2.75, 3.05) is 40.0 Å². The molecule has 7 nitrogen and oxygen atoms in total. The zero-order chi connectivity index (χ0) is 20.3. The average Bonchev–Trinajstić information content (AvgIpc) is 2.77. The fourth-order valence-corrected chi connectivity index (χ4v) is 3.20. The Labute approximate surface area is 196 Å². The molecular weight excluding hydrogens is 493 g/mol. The topological polar surface area (TPSA) is 71.0 Å². The number of nitrogens with one attached hydrogen (secondary N) is 2. The number of ether oxygens (including phenoxy) is 2. The average molecular weight is 525 g/mol. The molecule has 0 aliphatic carbocycles. The van der Waals surface area contributed by atoms with Crippen molar-refractivity contribution in [1.29, 1.82) is 0 Å². The lowest BCUT2D eigenvalue weighted by atomic mass is 10.1. The number of hydrogen-bond donors (Lipinski definition) is 2. The highest BCUT2D eigenvalue weighted by atomic mass is 127. The van der Waals surface area contributed by atoms with E-state index in [9.17, 15) is 0 Å². The molecule has 164 valence electrons. The van der Waals surface area contributed by atoms with Crippen molar-refractivity contribution in [1.82, 2.24) is 20.5 Å². The maximum atomic E-state index is 5.46. The lowest BCUT2D eigenvalue weighted by molar-refractivity contribution is 0.0341. The summed E-state index contributed by atoms with van der Waals surface area (Å²) in [6.45, 7) is 8.72. The molecule has 1 aliphatic heterocycles. The Morgan fingerprint density at radius 1 is 1.13 bits per heavy atom. The van der Waals surface area contributed by atoms with Crippen LogP contribution in [0.25, 0.3) is 0 Å². The van der Waals surface area contributed by atoms with Crippen molar-refractivity contribution in [3.8, 4) is 5.88 Å². The second-order valence-electron chi connectivity index (χ2n) is 6.91. The molecule has 2 aromatic rings. The lowest BCUT2D eigenvalue weighted by Crippen LogP contribution is -2.38. The molecule has 3 rings (SSSR count). The fourth-order valence-electron chi connectivity index (χ4n) is 3.20. The van der Waals surface area contributed by atoms with E-state index in [1.54, 1.807) is 13.3 Å². The van der Waals surface area contributed by atoms with Crippen molar-refractivity contribution < 1.29 is 9.47 Å². The number of morpholine rings is 1. The van der Waals surface area contributed by atoms with Crippen LogP contribution in [-0.2, 0) is 24.4 Å². The number of aliphatic imine (C=N–C) groups is 1. The van der Waals surface area contributed by atoms with Crippen molar-refractivity contribution in [2.24, 2.45) is 4.99 Å². The Balaban J connectivity index is 0.00000320. The summed E-state index contributed by atoms with van der Waals surface area (Å²) in [4.78, 5) is 11.4. The molecule has 1 aliphatic rings. The summed E-state index contributed by atoms with van der Waals surface area (Å²) in [6.07, 6.45) is 1.80. The summed E-state index contributed by atoms with van der Waals surface area (Å²) in [5, 5.41) is 6.77. The highest BCUT2D eigenvalue weighted by Crippen LogP contribution is 2.13. The molecule has 0 radical (unpaired) electrons. The zero-order valence-corrected chi connectivity index (χ0v) is 20.1. The van der Waals surface area contributed by atoms with Crippen LogP contribution in [-0.4, -0.2) is 55.8 Å². The Kier molecular flexibility index (Phi) is 10.9. The summed E-state index contributed by atoms with van der Waals surface area (Å²) < 4.78 is 10.6. The van der Waals surface area contributed by atoms with E-state index in [4.69, 9.17) is 9.47 Å². The first-order chi connectivity index (χ1) is 14.3. The summed E-state index contributed by atoms with van der Waals surface area (Å²) in [5.41, 5.74) is 3.67. The molecular formula is C22H32IN5O2.